The van der Waals surface area contributed by atoms with Crippen molar-refractivity contribution in [2.45, 2.75) is 71.3 Å². The quantitative estimate of drug-likeness (QED) is 0.692. The molecule has 1 N–H and O–H groups in total. The Bertz CT molecular complexity index is 344. The Morgan fingerprint density at radius 3 is 2.71 bits per heavy atom. The molecule has 0 radical (unpaired) electrons. The van der Waals surface area contributed by atoms with Crippen LogP contribution in [0, 0.1) is 28.4 Å². The fourth-order valence-corrected chi connectivity index (χ4v) is 4.72. The second-order valence-electron chi connectivity index (χ2n) is 8.19. The van der Waals surface area contributed by atoms with Gasteiger partial charge in [-0.25, -0.2) is 0 Å². The van der Waals surface area contributed by atoms with Gasteiger partial charge in [0, 0.05) is 6.04 Å². The van der Waals surface area contributed by atoms with Crippen LogP contribution in [0.2, 0.25) is 0 Å². The average molecular weight is 293 g/mol. The molecule has 21 heavy (non-hydrogen) atoms. The molecule has 122 valence electrons. The first-order valence-electron chi connectivity index (χ1n) is 9.27. The van der Waals surface area contributed by atoms with Crippen LogP contribution < -0.4 is 5.32 Å². The van der Waals surface area contributed by atoms with Gasteiger partial charge in [0.2, 0.25) is 0 Å². The number of rotatable bonds is 8. The Morgan fingerprint density at radius 2 is 2.05 bits per heavy atom. The molecule has 0 aromatic rings. The zero-order valence-electron chi connectivity index (χ0n) is 13.9. The Labute approximate surface area is 130 Å². The lowest BCUT2D eigenvalue weighted by Crippen LogP contribution is -2.35. The SMILES string of the molecule is CCN([O-])CCC1(C)CCC2C(CCNC3CCC3)C2C1. The van der Waals surface area contributed by atoms with Crippen molar-refractivity contribution in [2.24, 2.45) is 23.2 Å². The van der Waals surface area contributed by atoms with Gasteiger partial charge in [-0.05, 0) is 87.7 Å². The first-order chi connectivity index (χ1) is 10.1. The number of fused-ring (bicyclic) bond motifs is 1. The Morgan fingerprint density at radius 1 is 1.24 bits per heavy atom. The number of hydrogen-bond donors (Lipinski definition) is 1. The third-order valence-electron chi connectivity index (χ3n) is 6.65. The van der Waals surface area contributed by atoms with E-state index >= 15 is 0 Å². The van der Waals surface area contributed by atoms with E-state index in [-0.39, 0.29) is 0 Å². The van der Waals surface area contributed by atoms with Gasteiger partial charge in [-0.3, -0.25) is 0 Å². The van der Waals surface area contributed by atoms with Crippen LogP contribution in [0.1, 0.15) is 65.2 Å². The number of hydrogen-bond acceptors (Lipinski definition) is 3. The number of hydroxylamine groups is 2. The summed E-state index contributed by atoms with van der Waals surface area (Å²) in [6, 6.07) is 0.841. The number of nitrogens with zero attached hydrogens (tertiary/aromatic N) is 1. The lowest BCUT2D eigenvalue weighted by molar-refractivity contribution is 0.170. The highest BCUT2D eigenvalue weighted by atomic mass is 16.5. The highest BCUT2D eigenvalue weighted by molar-refractivity contribution is 5.04. The largest absolute Gasteiger partial charge is 0.785 e. The van der Waals surface area contributed by atoms with Crippen molar-refractivity contribution in [3.05, 3.63) is 5.21 Å². The molecule has 3 nitrogen and oxygen atoms in total. The molecule has 0 heterocycles. The van der Waals surface area contributed by atoms with Crippen LogP contribution in [-0.4, -0.2) is 30.7 Å². The normalized spacial score (nSPS) is 39.1. The maximum Gasteiger partial charge on any atom is 0.00670 e. The summed E-state index contributed by atoms with van der Waals surface area (Å²) in [4.78, 5) is 0. The van der Waals surface area contributed by atoms with E-state index in [9.17, 15) is 5.21 Å². The molecule has 0 aromatic carbocycles. The van der Waals surface area contributed by atoms with E-state index < -0.39 is 0 Å². The van der Waals surface area contributed by atoms with Crippen molar-refractivity contribution in [1.29, 1.82) is 0 Å². The lowest BCUT2D eigenvalue weighted by Gasteiger charge is -2.37. The van der Waals surface area contributed by atoms with Gasteiger partial charge in [0.15, 0.2) is 0 Å². The molecule has 0 aliphatic heterocycles. The minimum atomic E-state index is 0.440. The lowest BCUT2D eigenvalue weighted by atomic mass is 9.73. The van der Waals surface area contributed by atoms with Gasteiger partial charge in [-0.1, -0.05) is 20.3 Å². The van der Waals surface area contributed by atoms with E-state index in [0.29, 0.717) is 12.0 Å². The van der Waals surface area contributed by atoms with Crippen LogP contribution in [0.3, 0.4) is 0 Å². The van der Waals surface area contributed by atoms with Gasteiger partial charge < -0.3 is 15.6 Å². The maximum absolute atomic E-state index is 11.5. The Kier molecular flexibility index (Phi) is 4.92. The van der Waals surface area contributed by atoms with Crippen LogP contribution in [-0.2, 0) is 0 Å². The minimum Gasteiger partial charge on any atom is -0.785 e. The first-order valence-corrected chi connectivity index (χ1v) is 9.27. The third kappa shape index (κ3) is 3.80. The van der Waals surface area contributed by atoms with Gasteiger partial charge in [-0.15, -0.1) is 0 Å². The summed E-state index contributed by atoms with van der Waals surface area (Å²) in [5.74, 6) is 3.00. The maximum atomic E-state index is 11.5. The van der Waals surface area contributed by atoms with Crippen molar-refractivity contribution in [2.75, 3.05) is 19.6 Å². The molecular weight excluding hydrogens is 260 g/mol. The summed E-state index contributed by atoms with van der Waals surface area (Å²) in [5.41, 5.74) is 0.440. The molecule has 3 aliphatic rings. The van der Waals surface area contributed by atoms with E-state index in [1.54, 1.807) is 0 Å². The van der Waals surface area contributed by atoms with Crippen molar-refractivity contribution in [3.63, 3.8) is 0 Å². The molecule has 4 unspecified atom stereocenters. The first kappa shape index (κ1) is 15.8. The second-order valence-corrected chi connectivity index (χ2v) is 8.19. The van der Waals surface area contributed by atoms with E-state index in [0.717, 1.165) is 36.8 Å². The second kappa shape index (κ2) is 6.55. The van der Waals surface area contributed by atoms with E-state index in [1.165, 1.54) is 56.6 Å². The summed E-state index contributed by atoms with van der Waals surface area (Å²) >= 11 is 0. The molecule has 0 bridgehead atoms. The van der Waals surface area contributed by atoms with Crippen molar-refractivity contribution in [1.82, 2.24) is 10.4 Å². The molecular formula is C18H33N2O-. The molecule has 0 aromatic heterocycles. The summed E-state index contributed by atoms with van der Waals surface area (Å²) < 4.78 is 0. The van der Waals surface area contributed by atoms with Crippen LogP contribution in [0.5, 0.6) is 0 Å². The highest BCUT2D eigenvalue weighted by Crippen LogP contribution is 2.62. The fourth-order valence-electron chi connectivity index (χ4n) is 4.72. The van der Waals surface area contributed by atoms with Crippen molar-refractivity contribution < 1.29 is 0 Å². The predicted octanol–water partition coefficient (Wildman–Crippen LogP) is 3.78. The predicted molar refractivity (Wildman–Crippen MR) is 87.9 cm³/mol. The monoisotopic (exact) mass is 293 g/mol. The van der Waals surface area contributed by atoms with E-state index in [1.807, 2.05) is 6.92 Å². The zero-order valence-corrected chi connectivity index (χ0v) is 13.9. The van der Waals surface area contributed by atoms with Crippen molar-refractivity contribution >= 4 is 0 Å². The third-order valence-corrected chi connectivity index (χ3v) is 6.65. The van der Waals surface area contributed by atoms with Crippen LogP contribution in [0.15, 0.2) is 0 Å². The summed E-state index contributed by atoms with van der Waals surface area (Å²) in [7, 11) is 0. The molecule has 3 rings (SSSR count). The molecule has 3 heteroatoms. The van der Waals surface area contributed by atoms with Gasteiger partial charge in [0.25, 0.3) is 0 Å². The van der Waals surface area contributed by atoms with E-state index in [2.05, 4.69) is 12.2 Å². The summed E-state index contributed by atoms with van der Waals surface area (Å²) in [6.45, 7) is 6.99. The molecule has 4 atom stereocenters. The molecule has 0 amide bonds. The zero-order chi connectivity index (χ0) is 14.9. The molecule has 0 spiro atoms. The van der Waals surface area contributed by atoms with Gasteiger partial charge >= 0.3 is 0 Å². The highest BCUT2D eigenvalue weighted by Gasteiger charge is 2.54. The summed E-state index contributed by atoms with van der Waals surface area (Å²) in [6.07, 6.45) is 10.9. The van der Waals surface area contributed by atoms with Gasteiger partial charge in [0.1, 0.15) is 0 Å². The average Bonchev–Trinajstić information content (AvgIpc) is 3.10. The van der Waals surface area contributed by atoms with Gasteiger partial charge in [0.05, 0.1) is 0 Å². The molecule has 0 saturated heterocycles. The summed E-state index contributed by atoms with van der Waals surface area (Å²) in [5, 5.41) is 16.4. The standard InChI is InChI=1S/C18H33N2O/c1-3-20(21)12-10-18(2)9-7-15-16(17(15)13-18)8-11-19-14-5-4-6-14/h14-17,19H,3-13H2,1-2H3/q-1. The molecule has 3 aliphatic carbocycles. The fraction of sp³-hybridized carbons (Fsp3) is 1.00. The molecule has 3 fully saturated rings. The Balaban J connectivity index is 1.37. The van der Waals surface area contributed by atoms with Crippen molar-refractivity contribution in [3.8, 4) is 0 Å². The van der Waals surface area contributed by atoms with Crippen LogP contribution >= 0.6 is 0 Å². The van der Waals surface area contributed by atoms with Crippen LogP contribution in [0.25, 0.3) is 0 Å². The van der Waals surface area contributed by atoms with E-state index in [4.69, 9.17) is 0 Å². The van der Waals surface area contributed by atoms with Gasteiger partial charge in [-0.2, -0.15) is 0 Å². The smallest absolute Gasteiger partial charge is 0.00670 e. The molecule has 3 saturated carbocycles. The minimum absolute atomic E-state index is 0.440. The number of nitrogens with one attached hydrogen (secondary N) is 1. The van der Waals surface area contributed by atoms with Crippen LogP contribution in [0.4, 0.5) is 0 Å². The Hall–Kier alpha value is -0.120. The topological polar surface area (TPSA) is 38.3 Å².